The number of hydrogen-bond donors (Lipinski definition) is 0. The Bertz CT molecular complexity index is 656. The number of ketones is 1. The van der Waals surface area contributed by atoms with Crippen molar-refractivity contribution in [1.82, 2.24) is 0 Å². The van der Waals surface area contributed by atoms with Crippen molar-refractivity contribution in [3.8, 4) is 5.75 Å². The molecule has 0 N–H and O–H groups in total. The molecule has 0 aromatic heterocycles. The average Bonchev–Trinajstić information content (AvgIpc) is 2.42. The zero-order chi connectivity index (χ0) is 15.4. The van der Waals surface area contributed by atoms with Crippen molar-refractivity contribution < 1.29 is 27.1 Å². The van der Waals surface area contributed by atoms with Gasteiger partial charge in [-0.15, -0.1) is 0 Å². The minimum absolute atomic E-state index is 0.110. The first-order valence-electron chi connectivity index (χ1n) is 5.98. The van der Waals surface area contributed by atoms with E-state index in [2.05, 4.69) is 4.74 Å². The largest absolute Gasteiger partial charge is 0.434 e. The summed E-state index contributed by atoms with van der Waals surface area (Å²) in [6.45, 7) is -3.08. The molecule has 0 atom stereocenters. The zero-order valence-electron chi connectivity index (χ0n) is 10.7. The lowest BCUT2D eigenvalue weighted by Crippen LogP contribution is -2.10. The molecular formula is C15H10F4O2. The lowest BCUT2D eigenvalue weighted by molar-refractivity contribution is -0.0501. The molecule has 0 radical (unpaired) electrons. The van der Waals surface area contributed by atoms with Crippen molar-refractivity contribution in [3.63, 3.8) is 0 Å². The first kappa shape index (κ1) is 15.0. The Morgan fingerprint density at radius 1 is 1.10 bits per heavy atom. The fraction of sp³-hybridized carbons (Fsp3) is 0.133. The van der Waals surface area contributed by atoms with Crippen LogP contribution in [-0.2, 0) is 6.42 Å². The molecule has 0 aliphatic carbocycles. The molecule has 21 heavy (non-hydrogen) atoms. The molecule has 2 aromatic carbocycles. The van der Waals surface area contributed by atoms with Gasteiger partial charge in [-0.1, -0.05) is 12.1 Å². The van der Waals surface area contributed by atoms with Crippen LogP contribution in [0.2, 0.25) is 0 Å². The number of Topliss-reactive ketones (excluding diaryl/α,β-unsaturated/α-hetero) is 1. The van der Waals surface area contributed by atoms with E-state index in [9.17, 15) is 22.4 Å². The SMILES string of the molecule is O=C(Cc1cc(F)ccc1F)c1ccccc1OC(F)F. The quantitative estimate of drug-likeness (QED) is 0.616. The van der Waals surface area contributed by atoms with Crippen molar-refractivity contribution >= 4 is 5.78 Å². The van der Waals surface area contributed by atoms with Crippen LogP contribution < -0.4 is 4.74 Å². The molecule has 0 unspecified atom stereocenters. The van der Waals surface area contributed by atoms with E-state index in [-0.39, 0.29) is 16.9 Å². The van der Waals surface area contributed by atoms with Crippen LogP contribution in [0.15, 0.2) is 42.5 Å². The molecule has 2 rings (SSSR count). The molecule has 0 aliphatic heterocycles. The highest BCUT2D eigenvalue weighted by Gasteiger charge is 2.17. The van der Waals surface area contributed by atoms with E-state index in [1.165, 1.54) is 24.3 Å². The minimum atomic E-state index is -3.08. The standard InChI is InChI=1S/C15H10F4O2/c16-10-5-6-12(17)9(7-10)8-13(20)11-3-1-2-4-14(11)21-15(18)19/h1-7,15H,8H2. The Kier molecular flexibility index (Phi) is 4.57. The first-order chi connectivity index (χ1) is 9.97. The third-order valence-electron chi connectivity index (χ3n) is 2.76. The van der Waals surface area contributed by atoms with Gasteiger partial charge in [0.2, 0.25) is 0 Å². The van der Waals surface area contributed by atoms with Gasteiger partial charge in [-0.25, -0.2) is 8.78 Å². The van der Waals surface area contributed by atoms with Gasteiger partial charge < -0.3 is 4.74 Å². The Balaban J connectivity index is 2.26. The summed E-state index contributed by atoms with van der Waals surface area (Å²) in [7, 11) is 0. The molecule has 0 bridgehead atoms. The van der Waals surface area contributed by atoms with Gasteiger partial charge in [-0.2, -0.15) is 8.78 Å². The predicted molar refractivity (Wildman–Crippen MR) is 67.5 cm³/mol. The van der Waals surface area contributed by atoms with Crippen LogP contribution in [0.25, 0.3) is 0 Å². The van der Waals surface area contributed by atoms with Crippen LogP contribution in [0.1, 0.15) is 15.9 Å². The van der Waals surface area contributed by atoms with Crippen molar-refractivity contribution in [1.29, 1.82) is 0 Å². The molecule has 0 saturated carbocycles. The molecule has 0 saturated heterocycles. The Morgan fingerprint density at radius 2 is 1.81 bits per heavy atom. The number of carbonyl (C=O) groups excluding carboxylic acids is 1. The van der Waals surface area contributed by atoms with E-state index >= 15 is 0 Å². The maximum atomic E-state index is 13.5. The maximum absolute atomic E-state index is 13.5. The summed E-state index contributed by atoms with van der Waals surface area (Å²) in [6.07, 6.45) is -0.451. The third-order valence-corrected chi connectivity index (χ3v) is 2.76. The van der Waals surface area contributed by atoms with Crippen molar-refractivity contribution in [2.45, 2.75) is 13.0 Å². The van der Waals surface area contributed by atoms with Crippen LogP contribution in [-0.4, -0.2) is 12.4 Å². The summed E-state index contributed by atoms with van der Waals surface area (Å²) in [5.74, 6) is -2.36. The van der Waals surface area contributed by atoms with Crippen LogP contribution in [0.4, 0.5) is 17.6 Å². The normalized spacial score (nSPS) is 10.7. The molecule has 0 heterocycles. The van der Waals surface area contributed by atoms with Crippen molar-refractivity contribution in [2.75, 3.05) is 0 Å². The molecule has 0 amide bonds. The van der Waals surface area contributed by atoms with E-state index < -0.39 is 30.5 Å². The van der Waals surface area contributed by atoms with Crippen LogP contribution in [0.3, 0.4) is 0 Å². The van der Waals surface area contributed by atoms with Crippen molar-refractivity contribution in [3.05, 3.63) is 65.2 Å². The number of para-hydroxylation sites is 1. The topological polar surface area (TPSA) is 26.3 Å². The first-order valence-corrected chi connectivity index (χ1v) is 5.98. The number of rotatable bonds is 5. The summed E-state index contributed by atoms with van der Waals surface area (Å²) in [4.78, 5) is 12.1. The molecule has 6 heteroatoms. The Labute approximate surface area is 118 Å². The molecule has 0 fully saturated rings. The van der Waals surface area contributed by atoms with Crippen LogP contribution in [0.5, 0.6) is 5.75 Å². The highest BCUT2D eigenvalue weighted by atomic mass is 19.3. The number of alkyl halides is 2. The average molecular weight is 298 g/mol. The molecule has 2 nitrogen and oxygen atoms in total. The number of halogens is 4. The molecule has 0 spiro atoms. The van der Waals surface area contributed by atoms with E-state index in [1.807, 2.05) is 0 Å². The molecule has 0 aliphatic rings. The number of ether oxygens (including phenoxy) is 1. The van der Waals surface area contributed by atoms with Gasteiger partial charge in [0.25, 0.3) is 0 Å². The van der Waals surface area contributed by atoms with Crippen LogP contribution >= 0.6 is 0 Å². The monoisotopic (exact) mass is 298 g/mol. The van der Waals surface area contributed by atoms with E-state index in [1.54, 1.807) is 0 Å². The highest BCUT2D eigenvalue weighted by Crippen LogP contribution is 2.22. The summed E-state index contributed by atoms with van der Waals surface area (Å²) in [5.41, 5.74) is -0.256. The van der Waals surface area contributed by atoms with Crippen LogP contribution in [0, 0.1) is 11.6 Å². The highest BCUT2D eigenvalue weighted by molar-refractivity contribution is 6.00. The van der Waals surface area contributed by atoms with E-state index in [0.29, 0.717) is 0 Å². The van der Waals surface area contributed by atoms with Gasteiger partial charge in [0.15, 0.2) is 5.78 Å². The summed E-state index contributed by atoms with van der Waals surface area (Å²) in [5, 5.41) is 0. The van der Waals surface area contributed by atoms with Gasteiger partial charge in [0.1, 0.15) is 17.4 Å². The van der Waals surface area contributed by atoms with E-state index in [4.69, 9.17) is 0 Å². The van der Waals surface area contributed by atoms with Gasteiger partial charge >= 0.3 is 6.61 Å². The van der Waals surface area contributed by atoms with Gasteiger partial charge in [0.05, 0.1) is 5.56 Å². The minimum Gasteiger partial charge on any atom is -0.434 e. The molecular weight excluding hydrogens is 288 g/mol. The second kappa shape index (κ2) is 6.39. The molecule has 2 aromatic rings. The van der Waals surface area contributed by atoms with Gasteiger partial charge in [-0.3, -0.25) is 4.79 Å². The fourth-order valence-corrected chi connectivity index (χ4v) is 1.84. The lowest BCUT2D eigenvalue weighted by atomic mass is 10.0. The van der Waals surface area contributed by atoms with Gasteiger partial charge in [-0.05, 0) is 35.9 Å². The fourth-order valence-electron chi connectivity index (χ4n) is 1.84. The van der Waals surface area contributed by atoms with E-state index in [0.717, 1.165) is 18.2 Å². The summed E-state index contributed by atoms with van der Waals surface area (Å²) in [6, 6.07) is 8.11. The second-order valence-electron chi connectivity index (χ2n) is 4.21. The van der Waals surface area contributed by atoms with Gasteiger partial charge in [0, 0.05) is 6.42 Å². The maximum Gasteiger partial charge on any atom is 0.387 e. The zero-order valence-corrected chi connectivity index (χ0v) is 10.7. The number of carbonyl (C=O) groups is 1. The second-order valence-corrected chi connectivity index (χ2v) is 4.21. The third kappa shape index (κ3) is 3.81. The Morgan fingerprint density at radius 3 is 2.52 bits per heavy atom. The summed E-state index contributed by atoms with van der Waals surface area (Å²) < 4.78 is 55.3. The predicted octanol–water partition coefficient (Wildman–Crippen LogP) is 3.99. The smallest absolute Gasteiger partial charge is 0.387 e. The Hall–Kier alpha value is -2.37. The summed E-state index contributed by atoms with van der Waals surface area (Å²) >= 11 is 0. The number of hydrogen-bond acceptors (Lipinski definition) is 2. The molecule has 110 valence electrons. The number of benzene rings is 2. The lowest BCUT2D eigenvalue weighted by Gasteiger charge is -2.10. The van der Waals surface area contributed by atoms with Crippen molar-refractivity contribution in [2.24, 2.45) is 0 Å².